The topological polar surface area (TPSA) is 72.3 Å². The Bertz CT molecular complexity index is 785. The maximum absolute atomic E-state index is 13.1. The molecule has 0 aliphatic carbocycles. The second kappa shape index (κ2) is 8.84. The summed E-state index contributed by atoms with van der Waals surface area (Å²) in [5.41, 5.74) is 0.999. The number of carbonyl (C=O) groups excluding carboxylic acids is 1. The Labute approximate surface area is 166 Å². The number of piperidine rings is 1. The Kier molecular flexibility index (Phi) is 6.02. The molecule has 1 unspecified atom stereocenters. The molecule has 2 aromatic rings. The van der Waals surface area contributed by atoms with Gasteiger partial charge < -0.3 is 4.74 Å². The molecule has 2 saturated heterocycles. The van der Waals surface area contributed by atoms with Crippen molar-refractivity contribution < 1.29 is 9.53 Å². The molecule has 3 heterocycles. The fraction of sp³-hybridized carbons (Fsp3) is 0.571. The van der Waals surface area contributed by atoms with Crippen molar-refractivity contribution in [1.29, 1.82) is 0 Å². The van der Waals surface area contributed by atoms with E-state index in [1.807, 2.05) is 41.9 Å². The predicted molar refractivity (Wildman–Crippen MR) is 108 cm³/mol. The molecule has 2 aliphatic heterocycles. The molecule has 1 N–H and O–H groups in total. The molecule has 4 rings (SSSR count). The van der Waals surface area contributed by atoms with Gasteiger partial charge in [0, 0.05) is 31.4 Å². The lowest BCUT2D eigenvalue weighted by atomic mass is 9.96. The molecule has 2 fully saturated rings. The number of rotatable bonds is 5. The quantitative estimate of drug-likeness (QED) is 0.859. The lowest BCUT2D eigenvalue weighted by Crippen LogP contribution is -2.53. The molecule has 1 atom stereocenters. The van der Waals surface area contributed by atoms with Crippen LogP contribution >= 0.6 is 0 Å². The van der Waals surface area contributed by atoms with Gasteiger partial charge in [-0.1, -0.05) is 36.8 Å². The van der Waals surface area contributed by atoms with Gasteiger partial charge >= 0.3 is 0 Å². The number of ether oxygens (including phenoxy) is 1. The summed E-state index contributed by atoms with van der Waals surface area (Å²) in [5, 5.41) is 7.50. The number of carbonyl (C=O) groups is 1. The van der Waals surface area contributed by atoms with Crippen molar-refractivity contribution in [3.63, 3.8) is 0 Å². The molecule has 1 amide bonds. The molecule has 7 nitrogen and oxygen atoms in total. The lowest BCUT2D eigenvalue weighted by molar-refractivity contribution is -0.124. The summed E-state index contributed by atoms with van der Waals surface area (Å²) in [7, 11) is 0. The van der Waals surface area contributed by atoms with Crippen LogP contribution in [0.4, 0.5) is 5.95 Å². The molecule has 28 heavy (non-hydrogen) atoms. The van der Waals surface area contributed by atoms with E-state index in [0.29, 0.717) is 18.5 Å². The maximum atomic E-state index is 13.1. The third-order valence-electron chi connectivity index (χ3n) is 5.74. The third kappa shape index (κ3) is 4.10. The Morgan fingerprint density at radius 3 is 2.71 bits per heavy atom. The first-order valence-electron chi connectivity index (χ1n) is 10.4. The van der Waals surface area contributed by atoms with Crippen molar-refractivity contribution in [1.82, 2.24) is 19.7 Å². The minimum Gasteiger partial charge on any atom is -0.381 e. The maximum Gasteiger partial charge on any atom is 0.249 e. The van der Waals surface area contributed by atoms with E-state index in [9.17, 15) is 4.79 Å². The van der Waals surface area contributed by atoms with Crippen LogP contribution in [0.3, 0.4) is 0 Å². The highest BCUT2D eigenvalue weighted by Crippen LogP contribution is 2.26. The zero-order chi connectivity index (χ0) is 19.3. The lowest BCUT2D eigenvalue weighted by Gasteiger charge is -2.41. The van der Waals surface area contributed by atoms with E-state index in [4.69, 9.17) is 4.74 Å². The molecule has 7 heteroatoms. The molecule has 150 valence electrons. The summed E-state index contributed by atoms with van der Waals surface area (Å²) >= 11 is 0. The SMILES string of the molecule is CCn1nc(NC(=O)C2CCCCN2C2CCOCC2)nc1-c1ccccc1. The fourth-order valence-electron chi connectivity index (χ4n) is 4.30. The van der Waals surface area contributed by atoms with Gasteiger partial charge in [0.2, 0.25) is 11.9 Å². The Balaban J connectivity index is 1.50. The van der Waals surface area contributed by atoms with Gasteiger partial charge in [0.1, 0.15) is 0 Å². The van der Waals surface area contributed by atoms with Gasteiger partial charge in [-0.2, -0.15) is 4.98 Å². The average molecular weight is 383 g/mol. The summed E-state index contributed by atoms with van der Waals surface area (Å²) in [6.45, 7) is 5.29. The normalized spacial score (nSPS) is 21.5. The van der Waals surface area contributed by atoms with Crippen LogP contribution in [0.15, 0.2) is 30.3 Å². The summed E-state index contributed by atoms with van der Waals surface area (Å²) in [5.74, 6) is 1.19. The highest BCUT2D eigenvalue weighted by atomic mass is 16.5. The van der Waals surface area contributed by atoms with Crippen LogP contribution in [0, 0.1) is 0 Å². The first-order chi connectivity index (χ1) is 13.8. The Morgan fingerprint density at radius 1 is 1.18 bits per heavy atom. The zero-order valence-electron chi connectivity index (χ0n) is 16.5. The molecular formula is C21H29N5O2. The Hall–Kier alpha value is -2.25. The molecule has 2 aliphatic rings. The zero-order valence-corrected chi connectivity index (χ0v) is 16.5. The van der Waals surface area contributed by atoms with Crippen molar-refractivity contribution in [2.45, 2.75) is 57.7 Å². The van der Waals surface area contributed by atoms with Crippen molar-refractivity contribution in [2.24, 2.45) is 0 Å². The van der Waals surface area contributed by atoms with Crippen molar-refractivity contribution in [2.75, 3.05) is 25.1 Å². The molecule has 0 spiro atoms. The van der Waals surface area contributed by atoms with Gasteiger partial charge in [-0.05, 0) is 39.2 Å². The van der Waals surface area contributed by atoms with Crippen molar-refractivity contribution in [3.05, 3.63) is 30.3 Å². The van der Waals surface area contributed by atoms with Gasteiger partial charge in [0.15, 0.2) is 5.82 Å². The fourth-order valence-corrected chi connectivity index (χ4v) is 4.30. The van der Waals surface area contributed by atoms with E-state index in [0.717, 1.165) is 63.3 Å². The van der Waals surface area contributed by atoms with Crippen LogP contribution in [0.2, 0.25) is 0 Å². The van der Waals surface area contributed by atoms with Gasteiger partial charge in [0.05, 0.1) is 6.04 Å². The number of nitrogens with zero attached hydrogens (tertiary/aromatic N) is 4. The molecular weight excluding hydrogens is 354 g/mol. The van der Waals surface area contributed by atoms with Gasteiger partial charge in [0.25, 0.3) is 0 Å². The molecule has 1 aromatic heterocycles. The van der Waals surface area contributed by atoms with E-state index in [1.54, 1.807) is 0 Å². The second-order valence-corrected chi connectivity index (χ2v) is 7.52. The van der Waals surface area contributed by atoms with Crippen LogP contribution in [0.1, 0.15) is 39.0 Å². The van der Waals surface area contributed by atoms with Crippen molar-refractivity contribution >= 4 is 11.9 Å². The highest BCUT2D eigenvalue weighted by Gasteiger charge is 2.34. The van der Waals surface area contributed by atoms with E-state index in [2.05, 4.69) is 20.3 Å². The number of hydrogen-bond acceptors (Lipinski definition) is 5. The number of amides is 1. The van der Waals surface area contributed by atoms with Gasteiger partial charge in [-0.15, -0.1) is 5.10 Å². The number of nitrogens with one attached hydrogen (secondary N) is 1. The number of aromatic nitrogens is 3. The van der Waals surface area contributed by atoms with Crippen LogP contribution in [-0.2, 0) is 16.1 Å². The third-order valence-corrected chi connectivity index (χ3v) is 5.74. The minimum absolute atomic E-state index is 0.0130. The smallest absolute Gasteiger partial charge is 0.249 e. The number of benzene rings is 1. The minimum atomic E-state index is -0.106. The molecule has 0 radical (unpaired) electrons. The average Bonchev–Trinajstić information content (AvgIpc) is 3.18. The summed E-state index contributed by atoms with van der Waals surface area (Å²) in [6.07, 6.45) is 5.14. The predicted octanol–water partition coefficient (Wildman–Crippen LogP) is 2.94. The Morgan fingerprint density at radius 2 is 1.96 bits per heavy atom. The number of anilines is 1. The van der Waals surface area contributed by atoms with Gasteiger partial charge in [-0.25, -0.2) is 4.68 Å². The van der Waals surface area contributed by atoms with E-state index < -0.39 is 0 Å². The van der Waals surface area contributed by atoms with Crippen LogP contribution in [-0.4, -0.2) is 57.4 Å². The highest BCUT2D eigenvalue weighted by molar-refractivity contribution is 5.93. The standard InChI is InChI=1S/C21H29N5O2/c1-2-26-19(16-8-4-3-5-9-16)22-21(24-26)23-20(27)18-10-6-7-13-25(18)17-11-14-28-15-12-17/h3-5,8-9,17-18H,2,6-7,10-15H2,1H3,(H,23,24,27). The van der Waals surface area contributed by atoms with Crippen LogP contribution in [0.5, 0.6) is 0 Å². The summed E-state index contributed by atoms with van der Waals surface area (Å²) in [4.78, 5) is 20.1. The monoisotopic (exact) mass is 383 g/mol. The summed E-state index contributed by atoms with van der Waals surface area (Å²) in [6, 6.07) is 10.3. The van der Waals surface area contributed by atoms with E-state index in [1.165, 1.54) is 0 Å². The largest absolute Gasteiger partial charge is 0.381 e. The van der Waals surface area contributed by atoms with Crippen LogP contribution in [0.25, 0.3) is 11.4 Å². The first kappa shape index (κ1) is 19.1. The molecule has 1 aromatic carbocycles. The van der Waals surface area contributed by atoms with E-state index in [-0.39, 0.29) is 11.9 Å². The molecule has 0 bridgehead atoms. The van der Waals surface area contributed by atoms with E-state index >= 15 is 0 Å². The van der Waals surface area contributed by atoms with Gasteiger partial charge in [-0.3, -0.25) is 15.0 Å². The summed E-state index contributed by atoms with van der Waals surface area (Å²) < 4.78 is 7.34. The first-order valence-corrected chi connectivity index (χ1v) is 10.4. The van der Waals surface area contributed by atoms with Crippen molar-refractivity contribution in [3.8, 4) is 11.4 Å². The molecule has 0 saturated carbocycles. The number of aryl methyl sites for hydroxylation is 1. The second-order valence-electron chi connectivity index (χ2n) is 7.52. The number of hydrogen-bond donors (Lipinski definition) is 1. The van der Waals surface area contributed by atoms with Crippen LogP contribution < -0.4 is 5.32 Å². The number of likely N-dealkylation sites (tertiary alicyclic amines) is 1.